The highest BCUT2D eigenvalue weighted by atomic mass is 32.2. The van der Waals surface area contributed by atoms with E-state index in [1.165, 1.54) is 5.56 Å². The SMILES string of the molecule is C[C@@H](NC1CC[C@@H](c2ccc(OCC(=O)NS(C)(=O)=O)cc2)C1)c1cccc2c1OCO2. The Kier molecular flexibility index (Phi) is 6.57. The molecule has 2 aromatic carbocycles. The van der Waals surface area contributed by atoms with Crippen LogP contribution in [0.15, 0.2) is 42.5 Å². The van der Waals surface area contributed by atoms with Crippen molar-refractivity contribution in [2.45, 2.75) is 44.2 Å². The maximum atomic E-state index is 11.6. The number of fused-ring (bicyclic) bond motifs is 1. The number of benzene rings is 2. The van der Waals surface area contributed by atoms with E-state index in [4.69, 9.17) is 14.2 Å². The number of sulfonamides is 1. The van der Waals surface area contributed by atoms with Crippen LogP contribution < -0.4 is 24.2 Å². The lowest BCUT2D eigenvalue weighted by atomic mass is 9.97. The van der Waals surface area contributed by atoms with Crippen LogP contribution >= 0.6 is 0 Å². The molecule has 2 N–H and O–H groups in total. The second-order valence-electron chi connectivity index (χ2n) is 8.33. The maximum Gasteiger partial charge on any atom is 0.271 e. The van der Waals surface area contributed by atoms with Crippen LogP contribution in [0.4, 0.5) is 0 Å². The molecule has 1 amide bonds. The Bertz CT molecular complexity index is 1070. The summed E-state index contributed by atoms with van der Waals surface area (Å²) in [5.74, 6) is 1.91. The van der Waals surface area contributed by atoms with Crippen LogP contribution in [0, 0.1) is 0 Å². The Hall–Kier alpha value is -2.78. The number of carbonyl (C=O) groups excluding carboxylic acids is 1. The molecule has 0 radical (unpaired) electrons. The summed E-state index contributed by atoms with van der Waals surface area (Å²) in [6.45, 7) is 2.07. The van der Waals surface area contributed by atoms with Crippen molar-refractivity contribution in [3.63, 3.8) is 0 Å². The second kappa shape index (κ2) is 9.38. The van der Waals surface area contributed by atoms with Gasteiger partial charge in [0.1, 0.15) is 5.75 Å². The number of hydrogen-bond donors (Lipinski definition) is 2. The average molecular weight is 461 g/mol. The monoisotopic (exact) mass is 460 g/mol. The van der Waals surface area contributed by atoms with Gasteiger partial charge in [-0.25, -0.2) is 8.42 Å². The van der Waals surface area contributed by atoms with E-state index < -0.39 is 15.9 Å². The van der Waals surface area contributed by atoms with E-state index in [9.17, 15) is 13.2 Å². The largest absolute Gasteiger partial charge is 0.484 e. The molecule has 8 nitrogen and oxygen atoms in total. The number of carbonyl (C=O) groups is 1. The second-order valence-corrected chi connectivity index (χ2v) is 10.1. The van der Waals surface area contributed by atoms with E-state index >= 15 is 0 Å². The summed E-state index contributed by atoms with van der Waals surface area (Å²) in [5, 5.41) is 3.73. The molecule has 0 saturated heterocycles. The van der Waals surface area contributed by atoms with Crippen molar-refractivity contribution in [3.05, 3.63) is 53.6 Å². The molecule has 9 heteroatoms. The summed E-state index contributed by atoms with van der Waals surface area (Å²) in [4.78, 5) is 11.6. The summed E-state index contributed by atoms with van der Waals surface area (Å²) in [6, 6.07) is 14.2. The smallest absolute Gasteiger partial charge is 0.271 e. The molecule has 0 aromatic heterocycles. The van der Waals surface area contributed by atoms with Gasteiger partial charge in [-0.05, 0) is 55.9 Å². The fourth-order valence-electron chi connectivity index (χ4n) is 4.39. The summed E-state index contributed by atoms with van der Waals surface area (Å²) in [6.07, 6.45) is 4.14. The lowest BCUT2D eigenvalue weighted by molar-refractivity contribution is -0.121. The third kappa shape index (κ3) is 5.52. The molecule has 0 spiro atoms. The first kappa shape index (κ1) is 22.4. The van der Waals surface area contributed by atoms with Crippen molar-refractivity contribution in [2.75, 3.05) is 19.7 Å². The molecule has 1 heterocycles. The molecule has 1 saturated carbocycles. The van der Waals surface area contributed by atoms with Gasteiger partial charge in [0.05, 0.1) is 6.26 Å². The third-order valence-corrected chi connectivity index (χ3v) is 6.43. The van der Waals surface area contributed by atoms with Crippen LogP contribution in [0.5, 0.6) is 17.2 Å². The first-order valence-electron chi connectivity index (χ1n) is 10.7. The molecule has 3 atom stereocenters. The van der Waals surface area contributed by atoms with E-state index in [2.05, 4.69) is 18.3 Å². The van der Waals surface area contributed by atoms with Crippen LogP contribution in [-0.2, 0) is 14.8 Å². The average Bonchev–Trinajstić information content (AvgIpc) is 3.40. The zero-order valence-electron chi connectivity index (χ0n) is 18.2. The van der Waals surface area contributed by atoms with Crippen molar-refractivity contribution in [2.24, 2.45) is 0 Å². The lowest BCUT2D eigenvalue weighted by Crippen LogP contribution is -2.33. The molecule has 0 bridgehead atoms. The molecule has 1 fully saturated rings. The predicted molar refractivity (Wildman–Crippen MR) is 119 cm³/mol. The molecule has 32 heavy (non-hydrogen) atoms. The minimum absolute atomic E-state index is 0.157. The quantitative estimate of drug-likeness (QED) is 0.624. The Balaban J connectivity index is 1.29. The summed E-state index contributed by atoms with van der Waals surface area (Å²) < 4.78 is 40.5. The number of hydrogen-bond acceptors (Lipinski definition) is 7. The minimum atomic E-state index is -3.58. The van der Waals surface area contributed by atoms with Gasteiger partial charge in [-0.1, -0.05) is 24.3 Å². The number of nitrogens with one attached hydrogen (secondary N) is 2. The predicted octanol–water partition coefficient (Wildman–Crippen LogP) is 2.86. The van der Waals surface area contributed by atoms with Gasteiger partial charge in [-0.15, -0.1) is 0 Å². The molecule has 1 aliphatic carbocycles. The van der Waals surface area contributed by atoms with Crippen LogP contribution in [0.1, 0.15) is 49.3 Å². The van der Waals surface area contributed by atoms with Crippen LogP contribution in [0.3, 0.4) is 0 Å². The van der Waals surface area contributed by atoms with Crippen LogP contribution in [0.25, 0.3) is 0 Å². The zero-order valence-corrected chi connectivity index (χ0v) is 19.0. The Morgan fingerprint density at radius 2 is 1.94 bits per heavy atom. The van der Waals surface area contributed by atoms with Gasteiger partial charge >= 0.3 is 0 Å². The number of rotatable bonds is 8. The summed E-state index contributed by atoms with van der Waals surface area (Å²) in [7, 11) is -3.58. The number of ether oxygens (including phenoxy) is 3. The molecule has 172 valence electrons. The first-order chi connectivity index (χ1) is 15.3. The fourth-order valence-corrected chi connectivity index (χ4v) is 4.87. The third-order valence-electron chi connectivity index (χ3n) is 5.83. The highest BCUT2D eigenvalue weighted by Gasteiger charge is 2.28. The van der Waals surface area contributed by atoms with E-state index in [1.807, 2.05) is 41.1 Å². The van der Waals surface area contributed by atoms with Gasteiger partial charge in [0.15, 0.2) is 18.1 Å². The van der Waals surface area contributed by atoms with Gasteiger partial charge in [0, 0.05) is 17.6 Å². The van der Waals surface area contributed by atoms with Gasteiger partial charge in [0.25, 0.3) is 5.91 Å². The molecular formula is C23H28N2O6S. The highest BCUT2D eigenvalue weighted by Crippen LogP contribution is 2.40. The fraction of sp³-hybridized carbons (Fsp3) is 0.435. The molecule has 2 aliphatic rings. The summed E-state index contributed by atoms with van der Waals surface area (Å²) >= 11 is 0. The Labute approximate surface area is 188 Å². The van der Waals surface area contributed by atoms with Gasteiger partial charge in [-0.3, -0.25) is 9.52 Å². The molecule has 1 aliphatic heterocycles. The lowest BCUT2D eigenvalue weighted by Gasteiger charge is -2.21. The number of amides is 1. The standard InChI is InChI=1S/C23H28N2O6S/c1-15(20-4-3-5-21-23(20)31-14-30-21)24-18-9-6-17(12-18)16-7-10-19(11-8-16)29-13-22(26)25-32(2,27)28/h3-5,7-8,10-11,15,17-18,24H,6,9,12-14H2,1-2H3,(H,25,26)/t15-,17-,18?/m1/s1. The van der Waals surface area contributed by atoms with E-state index in [0.29, 0.717) is 17.7 Å². The van der Waals surface area contributed by atoms with E-state index in [0.717, 1.165) is 42.6 Å². The molecule has 4 rings (SSSR count). The highest BCUT2D eigenvalue weighted by molar-refractivity contribution is 7.89. The van der Waals surface area contributed by atoms with Crippen molar-refractivity contribution in [1.29, 1.82) is 0 Å². The van der Waals surface area contributed by atoms with Gasteiger partial charge in [0.2, 0.25) is 16.8 Å². The van der Waals surface area contributed by atoms with Gasteiger partial charge < -0.3 is 19.5 Å². The van der Waals surface area contributed by atoms with Gasteiger partial charge in [-0.2, -0.15) is 0 Å². The van der Waals surface area contributed by atoms with Crippen LogP contribution in [-0.4, -0.2) is 40.0 Å². The minimum Gasteiger partial charge on any atom is -0.484 e. The van der Waals surface area contributed by atoms with Crippen molar-refractivity contribution >= 4 is 15.9 Å². The molecule has 1 unspecified atom stereocenters. The Morgan fingerprint density at radius 3 is 2.69 bits per heavy atom. The van der Waals surface area contributed by atoms with Crippen molar-refractivity contribution in [1.82, 2.24) is 10.0 Å². The van der Waals surface area contributed by atoms with Crippen molar-refractivity contribution < 1.29 is 27.4 Å². The topological polar surface area (TPSA) is 103 Å². The number of para-hydroxylation sites is 1. The molecular weight excluding hydrogens is 432 g/mol. The first-order valence-corrected chi connectivity index (χ1v) is 12.6. The van der Waals surface area contributed by atoms with E-state index in [1.54, 1.807) is 0 Å². The molecule has 2 aromatic rings. The normalized spacial score (nSPS) is 20.7. The Morgan fingerprint density at radius 1 is 1.16 bits per heavy atom. The van der Waals surface area contributed by atoms with Crippen molar-refractivity contribution in [3.8, 4) is 17.2 Å². The van der Waals surface area contributed by atoms with E-state index in [-0.39, 0.29) is 19.4 Å². The maximum absolute atomic E-state index is 11.6. The van der Waals surface area contributed by atoms with Crippen LogP contribution in [0.2, 0.25) is 0 Å². The summed E-state index contributed by atoms with van der Waals surface area (Å²) in [5.41, 5.74) is 2.34. The zero-order chi connectivity index (χ0) is 22.7.